The second kappa shape index (κ2) is 6.57. The third kappa shape index (κ3) is 3.21. The van der Waals surface area contributed by atoms with Crippen LogP contribution < -0.4 is 4.74 Å². The molecule has 0 amide bonds. The fourth-order valence-corrected chi connectivity index (χ4v) is 2.81. The topological polar surface area (TPSA) is 48.2 Å². The molecule has 0 bridgehead atoms. The van der Waals surface area contributed by atoms with Crippen LogP contribution in [0.4, 0.5) is 0 Å². The molecule has 0 saturated carbocycles. The van der Waals surface area contributed by atoms with Crippen molar-refractivity contribution in [2.45, 2.75) is 13.0 Å². The lowest BCUT2D eigenvalue weighted by atomic mass is 10.1. The first kappa shape index (κ1) is 15.7. The van der Waals surface area contributed by atoms with Crippen molar-refractivity contribution < 1.29 is 9.15 Å². The summed E-state index contributed by atoms with van der Waals surface area (Å²) >= 11 is 6.18. The summed E-state index contributed by atoms with van der Waals surface area (Å²) in [5.41, 5.74) is 2.97. The van der Waals surface area contributed by atoms with Crippen LogP contribution in [0.2, 0.25) is 5.02 Å². The normalized spacial score (nSPS) is 12.2. The van der Waals surface area contributed by atoms with Crippen molar-refractivity contribution >= 4 is 22.8 Å². The fraction of sp³-hybridized carbons (Fsp3) is 0.100. The molecule has 0 aliphatic heterocycles. The van der Waals surface area contributed by atoms with Gasteiger partial charge in [0.15, 0.2) is 11.2 Å². The van der Waals surface area contributed by atoms with Crippen molar-refractivity contribution in [3.8, 4) is 17.2 Å². The van der Waals surface area contributed by atoms with Gasteiger partial charge in [0.25, 0.3) is 0 Å². The molecular weight excluding hydrogens is 336 g/mol. The fourth-order valence-electron chi connectivity index (χ4n) is 2.64. The molecule has 0 saturated heterocycles. The summed E-state index contributed by atoms with van der Waals surface area (Å²) in [6, 6.07) is 19.1. The van der Waals surface area contributed by atoms with Crippen molar-refractivity contribution in [3.05, 3.63) is 77.4 Å². The van der Waals surface area contributed by atoms with Gasteiger partial charge < -0.3 is 9.15 Å². The Bertz CT molecular complexity index is 982. The predicted octanol–water partition coefficient (Wildman–Crippen LogP) is 5.68. The SMILES string of the molecule is CC(Oc1ccc(Cl)cc1-c1nc2ncccc2o1)c1ccccc1. The van der Waals surface area contributed by atoms with E-state index in [9.17, 15) is 0 Å². The molecule has 5 heteroatoms. The van der Waals surface area contributed by atoms with E-state index in [1.54, 1.807) is 18.3 Å². The van der Waals surface area contributed by atoms with Crippen LogP contribution in [0.1, 0.15) is 18.6 Å². The Morgan fingerprint density at radius 3 is 2.68 bits per heavy atom. The Hall–Kier alpha value is -2.85. The van der Waals surface area contributed by atoms with Gasteiger partial charge in [-0.15, -0.1) is 0 Å². The van der Waals surface area contributed by atoms with E-state index in [2.05, 4.69) is 9.97 Å². The third-order valence-electron chi connectivity index (χ3n) is 3.91. The first-order valence-corrected chi connectivity index (χ1v) is 8.31. The number of aromatic nitrogens is 2. The van der Waals surface area contributed by atoms with Crippen LogP contribution in [0.25, 0.3) is 22.7 Å². The van der Waals surface area contributed by atoms with Crippen molar-refractivity contribution in [1.82, 2.24) is 9.97 Å². The van der Waals surface area contributed by atoms with Gasteiger partial charge in [-0.05, 0) is 42.8 Å². The number of nitrogens with zero attached hydrogens (tertiary/aromatic N) is 2. The minimum absolute atomic E-state index is 0.122. The zero-order valence-electron chi connectivity index (χ0n) is 13.5. The zero-order chi connectivity index (χ0) is 17.2. The Kier molecular flexibility index (Phi) is 4.12. The molecule has 124 valence electrons. The van der Waals surface area contributed by atoms with Gasteiger partial charge in [0.05, 0.1) is 5.56 Å². The summed E-state index contributed by atoms with van der Waals surface area (Å²) in [7, 11) is 0. The van der Waals surface area contributed by atoms with E-state index in [0.717, 1.165) is 5.56 Å². The zero-order valence-corrected chi connectivity index (χ0v) is 14.3. The van der Waals surface area contributed by atoms with Crippen LogP contribution in [0.5, 0.6) is 5.75 Å². The highest BCUT2D eigenvalue weighted by molar-refractivity contribution is 6.30. The molecule has 0 aliphatic carbocycles. The van der Waals surface area contributed by atoms with Crippen LogP contribution in [0.3, 0.4) is 0 Å². The first-order valence-electron chi connectivity index (χ1n) is 7.94. The summed E-state index contributed by atoms with van der Waals surface area (Å²) < 4.78 is 12.0. The third-order valence-corrected chi connectivity index (χ3v) is 4.14. The lowest BCUT2D eigenvalue weighted by Gasteiger charge is -2.17. The molecule has 0 aliphatic rings. The number of fused-ring (bicyclic) bond motifs is 1. The Balaban J connectivity index is 1.74. The first-order chi connectivity index (χ1) is 12.2. The Morgan fingerprint density at radius 1 is 1.04 bits per heavy atom. The summed E-state index contributed by atoms with van der Waals surface area (Å²) in [4.78, 5) is 8.66. The average Bonchev–Trinajstić information content (AvgIpc) is 3.08. The highest BCUT2D eigenvalue weighted by Crippen LogP contribution is 2.35. The summed E-state index contributed by atoms with van der Waals surface area (Å²) in [5, 5.41) is 0.588. The molecule has 0 spiro atoms. The highest BCUT2D eigenvalue weighted by Gasteiger charge is 2.17. The molecular formula is C20H15ClN2O2. The minimum atomic E-state index is -0.122. The van der Waals surface area contributed by atoms with Gasteiger partial charge in [-0.2, -0.15) is 4.98 Å². The molecule has 4 rings (SSSR count). The van der Waals surface area contributed by atoms with Gasteiger partial charge in [-0.3, -0.25) is 0 Å². The number of pyridine rings is 1. The summed E-state index contributed by atoms with van der Waals surface area (Å²) in [6.07, 6.45) is 1.56. The lowest BCUT2D eigenvalue weighted by Crippen LogP contribution is -2.03. The van der Waals surface area contributed by atoms with E-state index < -0.39 is 0 Å². The maximum absolute atomic E-state index is 6.18. The average molecular weight is 351 g/mol. The summed E-state index contributed by atoms with van der Waals surface area (Å²) in [6.45, 7) is 2.00. The number of rotatable bonds is 4. The van der Waals surface area contributed by atoms with Gasteiger partial charge >= 0.3 is 0 Å². The van der Waals surface area contributed by atoms with Crippen molar-refractivity contribution in [1.29, 1.82) is 0 Å². The molecule has 2 heterocycles. The van der Waals surface area contributed by atoms with Gasteiger partial charge in [-0.25, -0.2) is 4.98 Å². The number of halogens is 1. The number of ether oxygens (including phenoxy) is 1. The monoisotopic (exact) mass is 350 g/mol. The van der Waals surface area contributed by atoms with Crippen LogP contribution in [-0.4, -0.2) is 9.97 Å². The Morgan fingerprint density at radius 2 is 1.88 bits per heavy atom. The molecule has 0 radical (unpaired) electrons. The van der Waals surface area contributed by atoms with Crippen LogP contribution in [-0.2, 0) is 0 Å². The van der Waals surface area contributed by atoms with Crippen molar-refractivity contribution in [2.75, 3.05) is 0 Å². The Labute approximate surface area is 150 Å². The van der Waals surface area contributed by atoms with Crippen molar-refractivity contribution in [2.24, 2.45) is 0 Å². The van der Waals surface area contributed by atoms with Gasteiger partial charge in [0, 0.05) is 11.2 Å². The molecule has 4 aromatic rings. The molecule has 25 heavy (non-hydrogen) atoms. The largest absolute Gasteiger partial charge is 0.485 e. The van der Waals surface area contributed by atoms with Gasteiger partial charge in [0.1, 0.15) is 11.9 Å². The quantitative estimate of drug-likeness (QED) is 0.475. The van der Waals surface area contributed by atoms with Crippen molar-refractivity contribution in [3.63, 3.8) is 0 Å². The van der Waals surface area contributed by atoms with E-state index in [1.807, 2.05) is 55.5 Å². The minimum Gasteiger partial charge on any atom is -0.485 e. The standard InChI is InChI=1S/C20H15ClN2O2/c1-13(14-6-3-2-4-7-14)24-17-10-9-15(21)12-16(17)20-23-19-18(25-20)8-5-11-22-19/h2-13H,1H3. The van der Waals surface area contributed by atoms with Crippen LogP contribution >= 0.6 is 11.6 Å². The highest BCUT2D eigenvalue weighted by atomic mass is 35.5. The van der Waals surface area contributed by atoms with Crippen LogP contribution in [0.15, 0.2) is 71.3 Å². The second-order valence-corrected chi connectivity index (χ2v) is 6.09. The predicted molar refractivity (Wildman–Crippen MR) is 97.7 cm³/mol. The second-order valence-electron chi connectivity index (χ2n) is 5.66. The summed E-state index contributed by atoms with van der Waals surface area (Å²) in [5.74, 6) is 1.10. The van der Waals surface area contributed by atoms with E-state index in [-0.39, 0.29) is 6.10 Å². The molecule has 0 N–H and O–H groups in total. The molecule has 0 fully saturated rings. The van der Waals surface area contributed by atoms with Gasteiger partial charge in [-0.1, -0.05) is 41.9 Å². The number of hydrogen-bond acceptors (Lipinski definition) is 4. The molecule has 1 unspecified atom stereocenters. The molecule has 4 nitrogen and oxygen atoms in total. The number of benzene rings is 2. The van der Waals surface area contributed by atoms with Crippen LogP contribution in [0, 0.1) is 0 Å². The number of hydrogen-bond donors (Lipinski definition) is 0. The maximum atomic E-state index is 6.18. The van der Waals surface area contributed by atoms with E-state index >= 15 is 0 Å². The molecule has 2 aromatic heterocycles. The smallest absolute Gasteiger partial charge is 0.232 e. The number of oxazole rings is 1. The maximum Gasteiger partial charge on any atom is 0.232 e. The van der Waals surface area contributed by atoms with E-state index in [1.165, 1.54) is 0 Å². The van der Waals surface area contributed by atoms with E-state index in [0.29, 0.717) is 33.5 Å². The molecule has 2 aromatic carbocycles. The lowest BCUT2D eigenvalue weighted by molar-refractivity contribution is 0.227. The molecule has 1 atom stereocenters. The van der Waals surface area contributed by atoms with Gasteiger partial charge in [0.2, 0.25) is 5.89 Å². The van der Waals surface area contributed by atoms with E-state index in [4.69, 9.17) is 20.8 Å².